The molecule has 30 heavy (non-hydrogen) atoms. The fraction of sp³-hybridized carbons (Fsp3) is 0.560. The van der Waals surface area contributed by atoms with Crippen molar-refractivity contribution in [1.82, 2.24) is 15.5 Å². The lowest BCUT2D eigenvalue weighted by Gasteiger charge is -2.33. The predicted octanol–water partition coefficient (Wildman–Crippen LogP) is 3.83. The van der Waals surface area contributed by atoms with E-state index in [0.717, 1.165) is 64.6 Å². The molecule has 5 nitrogen and oxygen atoms in total. The number of hydrogen-bond donors (Lipinski definition) is 2. The second-order valence-corrected chi connectivity index (χ2v) is 8.33. The van der Waals surface area contributed by atoms with Gasteiger partial charge in [0.2, 0.25) is 0 Å². The third-order valence-electron chi connectivity index (χ3n) is 5.66. The fourth-order valence-corrected chi connectivity index (χ4v) is 4.03. The van der Waals surface area contributed by atoms with E-state index in [0.29, 0.717) is 12.1 Å². The van der Waals surface area contributed by atoms with Crippen LogP contribution in [0.5, 0.6) is 0 Å². The van der Waals surface area contributed by atoms with Crippen LogP contribution in [0.15, 0.2) is 47.5 Å². The van der Waals surface area contributed by atoms with Crippen LogP contribution in [0.1, 0.15) is 39.2 Å². The smallest absolute Gasteiger partial charge is 0.191 e. The zero-order valence-electron chi connectivity index (χ0n) is 18.9. The molecule has 0 unspecified atom stereocenters. The number of rotatable bonds is 9. The first kappa shape index (κ1) is 22.6. The van der Waals surface area contributed by atoms with Crippen molar-refractivity contribution in [2.75, 3.05) is 39.3 Å². The van der Waals surface area contributed by atoms with Crippen molar-refractivity contribution in [2.45, 2.75) is 52.2 Å². The molecule has 1 saturated heterocycles. The van der Waals surface area contributed by atoms with Gasteiger partial charge in [0.1, 0.15) is 0 Å². The molecule has 164 valence electrons. The molecule has 0 amide bonds. The van der Waals surface area contributed by atoms with Gasteiger partial charge < -0.3 is 20.3 Å². The lowest BCUT2D eigenvalue weighted by molar-refractivity contribution is 0.0532. The molecule has 1 fully saturated rings. The summed E-state index contributed by atoms with van der Waals surface area (Å²) in [5, 5.41) is 9.71. The van der Waals surface area contributed by atoms with Crippen molar-refractivity contribution in [3.63, 3.8) is 0 Å². The minimum Gasteiger partial charge on any atom is -0.377 e. The van der Waals surface area contributed by atoms with Gasteiger partial charge in [0.05, 0.1) is 12.7 Å². The zero-order chi connectivity index (χ0) is 21.2. The van der Waals surface area contributed by atoms with Gasteiger partial charge >= 0.3 is 0 Å². The molecule has 0 bridgehead atoms. The second-order valence-electron chi connectivity index (χ2n) is 8.33. The van der Waals surface area contributed by atoms with Gasteiger partial charge in [0.25, 0.3) is 0 Å². The molecule has 3 rings (SSSR count). The van der Waals surface area contributed by atoms with Crippen LogP contribution in [0.25, 0.3) is 10.8 Å². The Hall–Kier alpha value is -2.11. The van der Waals surface area contributed by atoms with Crippen LogP contribution < -0.4 is 10.6 Å². The van der Waals surface area contributed by atoms with Gasteiger partial charge in [0.15, 0.2) is 5.96 Å². The van der Waals surface area contributed by atoms with Gasteiger partial charge in [0, 0.05) is 38.8 Å². The number of piperidine rings is 1. The van der Waals surface area contributed by atoms with Gasteiger partial charge in [-0.25, -0.2) is 0 Å². The van der Waals surface area contributed by atoms with Crippen LogP contribution in [-0.2, 0) is 11.2 Å². The first-order valence-corrected chi connectivity index (χ1v) is 11.5. The summed E-state index contributed by atoms with van der Waals surface area (Å²) in [6, 6.07) is 15.6. The quantitative estimate of drug-likeness (QED) is 0.487. The number of hydrogen-bond acceptors (Lipinski definition) is 3. The molecule has 5 heteroatoms. The van der Waals surface area contributed by atoms with Gasteiger partial charge in [-0.05, 0) is 56.4 Å². The highest BCUT2D eigenvalue weighted by Crippen LogP contribution is 2.19. The standard InChI is InChI=1S/C25H38N4O/c1-4-26-25(28-23-13-16-29(17-14-23)18-19-30-20(2)3)27-15-12-22-10-7-9-21-8-5-6-11-24(21)22/h5-11,20,23H,4,12-19H2,1-3H3,(H2,26,27,28). The molecule has 1 heterocycles. The molecule has 1 aliphatic heterocycles. The summed E-state index contributed by atoms with van der Waals surface area (Å²) in [6.07, 6.45) is 3.56. The largest absolute Gasteiger partial charge is 0.377 e. The molecule has 2 aromatic rings. The Morgan fingerprint density at radius 1 is 1.13 bits per heavy atom. The number of ether oxygens (including phenoxy) is 1. The van der Waals surface area contributed by atoms with Crippen molar-refractivity contribution >= 4 is 16.7 Å². The Morgan fingerprint density at radius 2 is 1.90 bits per heavy atom. The van der Waals surface area contributed by atoms with Crippen LogP contribution in [0, 0.1) is 0 Å². The van der Waals surface area contributed by atoms with E-state index in [9.17, 15) is 0 Å². The van der Waals surface area contributed by atoms with Crippen LogP contribution in [-0.4, -0.2) is 62.3 Å². The summed E-state index contributed by atoms with van der Waals surface area (Å²) < 4.78 is 5.69. The van der Waals surface area contributed by atoms with E-state index in [1.807, 2.05) is 0 Å². The van der Waals surface area contributed by atoms with Crippen molar-refractivity contribution in [2.24, 2.45) is 4.99 Å². The molecule has 2 N–H and O–H groups in total. The molecular weight excluding hydrogens is 372 g/mol. The Morgan fingerprint density at radius 3 is 2.67 bits per heavy atom. The Balaban J connectivity index is 1.48. The molecule has 1 aliphatic rings. The van der Waals surface area contributed by atoms with Gasteiger partial charge in [-0.2, -0.15) is 0 Å². The Kier molecular flexibility index (Phi) is 8.97. The third kappa shape index (κ3) is 6.99. The van der Waals surface area contributed by atoms with Crippen molar-refractivity contribution in [1.29, 1.82) is 0 Å². The van der Waals surface area contributed by atoms with Crippen LogP contribution >= 0.6 is 0 Å². The number of likely N-dealkylation sites (tertiary alicyclic amines) is 1. The molecule has 0 aliphatic carbocycles. The number of guanidine groups is 1. The van der Waals surface area contributed by atoms with Gasteiger partial charge in [-0.15, -0.1) is 0 Å². The molecule has 0 aromatic heterocycles. The third-order valence-corrected chi connectivity index (χ3v) is 5.66. The Bertz CT molecular complexity index is 791. The van der Waals surface area contributed by atoms with E-state index >= 15 is 0 Å². The molecule has 2 aromatic carbocycles. The maximum atomic E-state index is 5.69. The maximum Gasteiger partial charge on any atom is 0.191 e. The highest BCUT2D eigenvalue weighted by molar-refractivity contribution is 5.85. The lowest BCUT2D eigenvalue weighted by Crippen LogP contribution is -2.49. The summed E-state index contributed by atoms with van der Waals surface area (Å²) in [5.74, 6) is 0.944. The van der Waals surface area contributed by atoms with Gasteiger partial charge in [-0.1, -0.05) is 42.5 Å². The number of nitrogens with zero attached hydrogens (tertiary/aromatic N) is 2. The predicted molar refractivity (Wildman–Crippen MR) is 127 cm³/mol. The average molecular weight is 411 g/mol. The number of aliphatic imine (C=N–C) groups is 1. The number of fused-ring (bicyclic) bond motifs is 1. The normalized spacial score (nSPS) is 16.3. The van der Waals surface area contributed by atoms with E-state index in [2.05, 4.69) is 78.8 Å². The lowest BCUT2D eigenvalue weighted by atomic mass is 10.0. The molecule has 0 spiro atoms. The second kappa shape index (κ2) is 11.9. The summed E-state index contributed by atoms with van der Waals surface area (Å²) in [6.45, 7) is 12.1. The van der Waals surface area contributed by atoms with Crippen molar-refractivity contribution in [3.05, 3.63) is 48.0 Å². The molecule has 0 radical (unpaired) electrons. The van der Waals surface area contributed by atoms with Crippen LogP contribution in [0.2, 0.25) is 0 Å². The van der Waals surface area contributed by atoms with E-state index in [1.54, 1.807) is 0 Å². The minimum absolute atomic E-state index is 0.317. The molecule has 0 atom stereocenters. The van der Waals surface area contributed by atoms with E-state index in [-0.39, 0.29) is 0 Å². The minimum atomic E-state index is 0.317. The highest BCUT2D eigenvalue weighted by atomic mass is 16.5. The fourth-order valence-electron chi connectivity index (χ4n) is 4.03. The topological polar surface area (TPSA) is 48.9 Å². The Labute approximate surface area is 181 Å². The van der Waals surface area contributed by atoms with Gasteiger partial charge in [-0.3, -0.25) is 4.99 Å². The summed E-state index contributed by atoms with van der Waals surface area (Å²) >= 11 is 0. The van der Waals surface area contributed by atoms with Crippen molar-refractivity contribution < 1.29 is 4.74 Å². The van der Waals surface area contributed by atoms with E-state index in [4.69, 9.17) is 9.73 Å². The average Bonchev–Trinajstić information content (AvgIpc) is 2.75. The molecule has 0 saturated carbocycles. The van der Waals surface area contributed by atoms with E-state index in [1.165, 1.54) is 16.3 Å². The number of nitrogens with one attached hydrogen (secondary N) is 2. The first-order chi connectivity index (χ1) is 14.7. The highest BCUT2D eigenvalue weighted by Gasteiger charge is 2.19. The zero-order valence-corrected chi connectivity index (χ0v) is 18.9. The maximum absolute atomic E-state index is 5.69. The number of benzene rings is 2. The SMILES string of the molecule is CCNC(=NCCc1cccc2ccccc12)NC1CCN(CCOC(C)C)CC1. The van der Waals surface area contributed by atoms with Crippen LogP contribution in [0.4, 0.5) is 0 Å². The van der Waals surface area contributed by atoms with Crippen LogP contribution in [0.3, 0.4) is 0 Å². The van der Waals surface area contributed by atoms with E-state index < -0.39 is 0 Å². The molecular formula is C25H38N4O. The summed E-state index contributed by atoms with van der Waals surface area (Å²) in [5.41, 5.74) is 1.37. The van der Waals surface area contributed by atoms with Crippen molar-refractivity contribution in [3.8, 4) is 0 Å². The first-order valence-electron chi connectivity index (χ1n) is 11.5. The summed E-state index contributed by atoms with van der Waals surface area (Å²) in [7, 11) is 0. The summed E-state index contributed by atoms with van der Waals surface area (Å²) in [4.78, 5) is 7.36. The monoisotopic (exact) mass is 410 g/mol.